The van der Waals surface area contributed by atoms with E-state index in [9.17, 15) is 17.6 Å². The Kier molecular flexibility index (Phi) is 6.07. The molecule has 0 aliphatic heterocycles. The van der Waals surface area contributed by atoms with Crippen molar-refractivity contribution in [2.75, 3.05) is 16.7 Å². The molecule has 0 aliphatic carbocycles. The summed E-state index contributed by atoms with van der Waals surface area (Å²) in [5.41, 5.74) is 0.217. The average Bonchev–Trinajstić information content (AvgIpc) is 2.70. The maximum Gasteiger partial charge on any atom is 0.264 e. The molecule has 0 fully saturated rings. The van der Waals surface area contributed by atoms with E-state index >= 15 is 0 Å². The van der Waals surface area contributed by atoms with E-state index in [2.05, 4.69) is 10.3 Å². The van der Waals surface area contributed by atoms with Crippen molar-refractivity contribution in [3.63, 3.8) is 0 Å². The van der Waals surface area contributed by atoms with Crippen LogP contribution < -0.4 is 9.62 Å². The van der Waals surface area contributed by atoms with Crippen LogP contribution in [0.3, 0.4) is 0 Å². The number of rotatable bonds is 5. The van der Waals surface area contributed by atoms with Crippen LogP contribution in [0, 0.1) is 5.82 Å². The number of aromatic nitrogens is 1. The minimum Gasteiger partial charge on any atom is -0.307 e. The zero-order chi connectivity index (χ0) is 21.2. The lowest BCUT2D eigenvalue weighted by molar-refractivity contribution is 0.102. The maximum absolute atomic E-state index is 13.1. The van der Waals surface area contributed by atoms with Crippen LogP contribution in [-0.4, -0.2) is 26.4 Å². The highest BCUT2D eigenvalue weighted by atomic mass is 35.5. The lowest BCUT2D eigenvalue weighted by atomic mass is 10.2. The molecule has 6 nitrogen and oxygen atoms in total. The lowest BCUT2D eigenvalue weighted by Crippen LogP contribution is -2.27. The fourth-order valence-corrected chi connectivity index (χ4v) is 3.96. The fraction of sp³-hybridized carbons (Fsp3) is 0.0526. The summed E-state index contributed by atoms with van der Waals surface area (Å²) < 4.78 is 40.0. The SMILES string of the molecule is CN(c1ccc(F)cc1)S(=O)(=O)c1ccc(Cl)c(C(=O)Nc2ccc(Cl)cn2)c1. The smallest absolute Gasteiger partial charge is 0.264 e. The molecule has 0 atom stereocenters. The molecule has 1 heterocycles. The Morgan fingerprint density at radius 2 is 1.76 bits per heavy atom. The van der Waals surface area contributed by atoms with Crippen molar-refractivity contribution in [3.05, 3.63) is 82.2 Å². The van der Waals surface area contributed by atoms with Crippen molar-refractivity contribution in [3.8, 4) is 0 Å². The third-order valence-electron chi connectivity index (χ3n) is 4.00. The zero-order valence-electron chi connectivity index (χ0n) is 14.9. The monoisotopic (exact) mass is 453 g/mol. The van der Waals surface area contributed by atoms with Crippen LogP contribution in [0.4, 0.5) is 15.9 Å². The summed E-state index contributed by atoms with van der Waals surface area (Å²) in [5, 5.41) is 3.00. The molecule has 0 aliphatic rings. The number of amides is 1. The minimum atomic E-state index is -4.02. The molecule has 0 saturated carbocycles. The number of halogens is 3. The van der Waals surface area contributed by atoms with Gasteiger partial charge >= 0.3 is 0 Å². The van der Waals surface area contributed by atoms with Gasteiger partial charge in [-0.1, -0.05) is 23.2 Å². The molecular weight excluding hydrogens is 440 g/mol. The summed E-state index contributed by atoms with van der Waals surface area (Å²) >= 11 is 11.9. The Hall–Kier alpha value is -2.68. The van der Waals surface area contributed by atoms with Crippen molar-refractivity contribution in [1.82, 2.24) is 4.98 Å². The molecule has 150 valence electrons. The Bertz CT molecular complexity index is 1150. The van der Waals surface area contributed by atoms with Gasteiger partial charge in [-0.3, -0.25) is 9.10 Å². The standard InChI is InChI=1S/C19H14Cl2FN3O3S/c1-25(14-5-3-13(22)4-6-14)29(27,28)15-7-8-17(21)16(10-15)19(26)24-18-9-2-12(20)11-23-18/h2-11H,1H3,(H,23,24,26). The number of hydrogen-bond donors (Lipinski definition) is 1. The predicted octanol–water partition coefficient (Wildman–Crippen LogP) is 4.60. The van der Waals surface area contributed by atoms with E-state index in [0.29, 0.717) is 5.02 Å². The average molecular weight is 454 g/mol. The van der Waals surface area contributed by atoms with Gasteiger partial charge in [0.25, 0.3) is 15.9 Å². The van der Waals surface area contributed by atoms with Gasteiger partial charge < -0.3 is 5.32 Å². The summed E-state index contributed by atoms with van der Waals surface area (Å²) in [4.78, 5) is 16.4. The van der Waals surface area contributed by atoms with Crippen molar-refractivity contribution >= 4 is 50.6 Å². The van der Waals surface area contributed by atoms with Gasteiger partial charge in [-0.2, -0.15) is 0 Å². The van der Waals surface area contributed by atoms with Crippen LogP contribution in [0.2, 0.25) is 10.0 Å². The van der Waals surface area contributed by atoms with Crippen LogP contribution in [-0.2, 0) is 10.0 Å². The number of nitrogens with zero attached hydrogens (tertiary/aromatic N) is 2. The largest absolute Gasteiger partial charge is 0.307 e. The molecule has 29 heavy (non-hydrogen) atoms. The van der Waals surface area contributed by atoms with Gasteiger partial charge in [0.1, 0.15) is 11.6 Å². The first kappa shape index (κ1) is 21.0. The quantitative estimate of drug-likeness (QED) is 0.611. The molecule has 1 N–H and O–H groups in total. The normalized spacial score (nSPS) is 11.2. The summed E-state index contributed by atoms with van der Waals surface area (Å²) in [6.07, 6.45) is 1.36. The molecule has 3 aromatic rings. The number of benzene rings is 2. The van der Waals surface area contributed by atoms with Crippen molar-refractivity contribution in [1.29, 1.82) is 0 Å². The second kappa shape index (κ2) is 8.36. The highest BCUT2D eigenvalue weighted by Gasteiger charge is 2.24. The van der Waals surface area contributed by atoms with E-state index in [1.165, 1.54) is 49.6 Å². The molecule has 1 aromatic heterocycles. The fourth-order valence-electron chi connectivity index (χ4n) is 2.42. The van der Waals surface area contributed by atoms with Crippen molar-refractivity contribution in [2.45, 2.75) is 4.90 Å². The molecule has 0 saturated heterocycles. The number of hydrogen-bond acceptors (Lipinski definition) is 4. The van der Waals surface area contributed by atoms with Crippen molar-refractivity contribution in [2.24, 2.45) is 0 Å². The van der Waals surface area contributed by atoms with Crippen molar-refractivity contribution < 1.29 is 17.6 Å². The van der Waals surface area contributed by atoms with Crippen LogP contribution in [0.15, 0.2) is 65.7 Å². The van der Waals surface area contributed by atoms with Gasteiger partial charge in [-0.25, -0.2) is 17.8 Å². The van der Waals surface area contributed by atoms with E-state index in [-0.39, 0.29) is 27.0 Å². The number of anilines is 2. The second-order valence-electron chi connectivity index (χ2n) is 5.91. The minimum absolute atomic E-state index is 0.0444. The van der Waals surface area contributed by atoms with Gasteiger partial charge in [-0.05, 0) is 54.6 Å². The van der Waals surface area contributed by atoms with Crippen LogP contribution in [0.25, 0.3) is 0 Å². The number of nitrogens with one attached hydrogen (secondary N) is 1. The van der Waals surface area contributed by atoms with E-state index in [0.717, 1.165) is 16.4 Å². The number of pyridine rings is 1. The maximum atomic E-state index is 13.1. The Balaban J connectivity index is 1.91. The first-order chi connectivity index (χ1) is 13.7. The molecule has 0 spiro atoms. The van der Waals surface area contributed by atoms with E-state index in [1.807, 2.05) is 0 Å². The van der Waals surface area contributed by atoms with Crippen LogP contribution >= 0.6 is 23.2 Å². The highest BCUT2D eigenvalue weighted by Crippen LogP contribution is 2.26. The molecule has 0 bridgehead atoms. The molecular formula is C19H14Cl2FN3O3S. The summed E-state index contributed by atoms with van der Waals surface area (Å²) in [6, 6.07) is 11.8. The first-order valence-corrected chi connectivity index (χ1v) is 10.3. The van der Waals surface area contributed by atoms with Gasteiger partial charge in [0, 0.05) is 13.2 Å². The van der Waals surface area contributed by atoms with Gasteiger partial charge in [0.15, 0.2) is 0 Å². The zero-order valence-corrected chi connectivity index (χ0v) is 17.3. The number of carbonyl (C=O) groups excluding carboxylic acids is 1. The second-order valence-corrected chi connectivity index (χ2v) is 8.72. The van der Waals surface area contributed by atoms with E-state index < -0.39 is 21.7 Å². The summed E-state index contributed by atoms with van der Waals surface area (Å²) in [7, 11) is -2.69. The Morgan fingerprint density at radius 1 is 1.07 bits per heavy atom. The van der Waals surface area contributed by atoms with E-state index in [1.54, 1.807) is 6.07 Å². The molecule has 10 heteroatoms. The summed E-state index contributed by atoms with van der Waals surface area (Å²) in [6.45, 7) is 0. The number of sulfonamides is 1. The predicted molar refractivity (Wildman–Crippen MR) is 111 cm³/mol. The summed E-state index contributed by atoms with van der Waals surface area (Å²) in [5.74, 6) is -0.890. The molecule has 1 amide bonds. The Morgan fingerprint density at radius 3 is 2.38 bits per heavy atom. The lowest BCUT2D eigenvalue weighted by Gasteiger charge is -2.20. The van der Waals surface area contributed by atoms with Crippen LogP contribution in [0.5, 0.6) is 0 Å². The third-order valence-corrected chi connectivity index (χ3v) is 6.33. The topological polar surface area (TPSA) is 79.4 Å². The molecule has 0 radical (unpaired) electrons. The van der Waals surface area contributed by atoms with E-state index in [4.69, 9.17) is 23.2 Å². The van der Waals surface area contributed by atoms with Gasteiger partial charge in [-0.15, -0.1) is 0 Å². The molecule has 0 unspecified atom stereocenters. The van der Waals surface area contributed by atoms with Crippen LogP contribution in [0.1, 0.15) is 10.4 Å². The Labute approximate surface area is 176 Å². The molecule has 2 aromatic carbocycles. The van der Waals surface area contributed by atoms with Gasteiger partial charge in [0.05, 0.1) is 26.2 Å². The third kappa shape index (κ3) is 4.67. The first-order valence-electron chi connectivity index (χ1n) is 8.15. The number of carbonyl (C=O) groups is 1. The molecule has 3 rings (SSSR count). The van der Waals surface area contributed by atoms with Gasteiger partial charge in [0.2, 0.25) is 0 Å². The highest BCUT2D eigenvalue weighted by molar-refractivity contribution is 7.92.